The first-order valence-electron chi connectivity index (χ1n) is 7.42. The van der Waals surface area contributed by atoms with Crippen LogP contribution >= 0.6 is 11.8 Å². The minimum absolute atomic E-state index is 0.188. The molecule has 1 aromatic heterocycles. The van der Waals surface area contributed by atoms with Gasteiger partial charge in [-0.3, -0.25) is 4.79 Å². The van der Waals surface area contributed by atoms with E-state index < -0.39 is 22.8 Å². The number of methoxy groups -OCH3 is 1. The van der Waals surface area contributed by atoms with Gasteiger partial charge in [-0.05, 0) is 31.2 Å². The molecule has 3 aromatic rings. The number of amides is 1. The highest BCUT2D eigenvalue weighted by Crippen LogP contribution is 2.26. The van der Waals surface area contributed by atoms with Crippen molar-refractivity contribution in [2.24, 2.45) is 0 Å². The van der Waals surface area contributed by atoms with Crippen molar-refractivity contribution in [2.75, 3.05) is 12.4 Å². The van der Waals surface area contributed by atoms with Gasteiger partial charge >= 0.3 is 0 Å². The van der Waals surface area contributed by atoms with Crippen LogP contribution in [0.1, 0.15) is 6.92 Å². The Labute approximate surface area is 146 Å². The second kappa shape index (κ2) is 7.10. The molecule has 0 saturated carbocycles. The Balaban J connectivity index is 1.71. The van der Waals surface area contributed by atoms with Crippen LogP contribution in [-0.4, -0.2) is 28.2 Å². The van der Waals surface area contributed by atoms with E-state index in [9.17, 15) is 13.6 Å². The molecular weight excluding hydrogens is 348 g/mol. The summed E-state index contributed by atoms with van der Waals surface area (Å²) in [6, 6.07) is 8.31. The number of nitrogens with zero attached hydrogens (tertiary/aromatic N) is 1. The Morgan fingerprint density at radius 2 is 2.08 bits per heavy atom. The van der Waals surface area contributed by atoms with E-state index >= 15 is 0 Å². The molecule has 8 heteroatoms. The average Bonchev–Trinajstić information content (AvgIpc) is 2.99. The number of rotatable bonds is 5. The summed E-state index contributed by atoms with van der Waals surface area (Å²) >= 11 is 1.18. The number of fused-ring (bicyclic) bond motifs is 1. The molecule has 0 aliphatic heterocycles. The van der Waals surface area contributed by atoms with Gasteiger partial charge in [0.05, 0.1) is 29.1 Å². The van der Waals surface area contributed by atoms with Gasteiger partial charge in [-0.1, -0.05) is 11.8 Å². The summed E-state index contributed by atoms with van der Waals surface area (Å²) in [6.07, 6.45) is 0. The minimum atomic E-state index is -0.692. The van der Waals surface area contributed by atoms with E-state index in [1.807, 2.05) is 6.07 Å². The fraction of sp³-hybridized carbons (Fsp3) is 0.176. The van der Waals surface area contributed by atoms with Gasteiger partial charge in [-0.25, -0.2) is 13.8 Å². The van der Waals surface area contributed by atoms with Crippen molar-refractivity contribution in [3.05, 3.63) is 48.0 Å². The van der Waals surface area contributed by atoms with Crippen molar-refractivity contribution < 1.29 is 18.3 Å². The van der Waals surface area contributed by atoms with Gasteiger partial charge in [0, 0.05) is 12.1 Å². The molecule has 1 atom stereocenters. The van der Waals surface area contributed by atoms with Gasteiger partial charge < -0.3 is 15.0 Å². The fourth-order valence-electron chi connectivity index (χ4n) is 2.20. The number of nitrogens with one attached hydrogen (secondary N) is 2. The van der Waals surface area contributed by atoms with Crippen LogP contribution in [0.3, 0.4) is 0 Å². The van der Waals surface area contributed by atoms with Crippen LogP contribution in [0.5, 0.6) is 5.75 Å². The molecule has 0 saturated heterocycles. The zero-order chi connectivity index (χ0) is 18.0. The molecule has 25 heavy (non-hydrogen) atoms. The minimum Gasteiger partial charge on any atom is -0.497 e. The summed E-state index contributed by atoms with van der Waals surface area (Å²) in [5, 5.41) is 2.37. The molecule has 1 amide bonds. The van der Waals surface area contributed by atoms with Crippen LogP contribution < -0.4 is 10.1 Å². The summed E-state index contributed by atoms with van der Waals surface area (Å²) in [5.41, 5.74) is 1.34. The van der Waals surface area contributed by atoms with Crippen molar-refractivity contribution in [1.82, 2.24) is 9.97 Å². The van der Waals surface area contributed by atoms with Crippen LogP contribution in [-0.2, 0) is 4.79 Å². The predicted octanol–water partition coefficient (Wildman–Crippen LogP) is 3.97. The SMILES string of the molecule is COc1ccc2nc(SC(C)C(=O)Nc3cc(F)ccc3F)[nH]c2c1. The van der Waals surface area contributed by atoms with Crippen molar-refractivity contribution >= 4 is 34.4 Å². The van der Waals surface area contributed by atoms with E-state index in [-0.39, 0.29) is 5.69 Å². The van der Waals surface area contributed by atoms with Crippen LogP contribution in [0.25, 0.3) is 11.0 Å². The quantitative estimate of drug-likeness (QED) is 0.673. The van der Waals surface area contributed by atoms with E-state index in [4.69, 9.17) is 4.74 Å². The Hall–Kier alpha value is -2.61. The zero-order valence-corrected chi connectivity index (χ0v) is 14.3. The Morgan fingerprint density at radius 1 is 1.28 bits per heavy atom. The maximum Gasteiger partial charge on any atom is 0.237 e. The largest absolute Gasteiger partial charge is 0.497 e. The fourth-order valence-corrected chi connectivity index (χ4v) is 3.02. The molecular formula is C17H15F2N3O2S. The molecule has 2 N–H and O–H groups in total. The highest BCUT2D eigenvalue weighted by atomic mass is 32.2. The van der Waals surface area contributed by atoms with Crippen molar-refractivity contribution in [3.63, 3.8) is 0 Å². The van der Waals surface area contributed by atoms with E-state index in [0.29, 0.717) is 10.9 Å². The van der Waals surface area contributed by atoms with Crippen molar-refractivity contribution in [3.8, 4) is 5.75 Å². The summed E-state index contributed by atoms with van der Waals surface area (Å²) in [4.78, 5) is 19.7. The Morgan fingerprint density at radius 3 is 2.84 bits per heavy atom. The van der Waals surface area contributed by atoms with E-state index in [1.165, 1.54) is 11.8 Å². The molecule has 0 aliphatic rings. The van der Waals surface area contributed by atoms with Gasteiger partial charge in [0.1, 0.15) is 17.4 Å². The lowest BCUT2D eigenvalue weighted by Gasteiger charge is -2.11. The third-order valence-electron chi connectivity index (χ3n) is 3.51. The molecule has 0 fully saturated rings. The number of aromatic nitrogens is 2. The number of anilines is 1. The molecule has 1 unspecified atom stereocenters. The second-order valence-electron chi connectivity index (χ2n) is 5.30. The standard InChI is InChI=1S/C17H15F2N3O2S/c1-9(16(23)20-14-7-10(18)3-5-12(14)19)25-17-21-13-6-4-11(24-2)8-15(13)22-17/h3-9H,1-2H3,(H,20,23)(H,21,22). The van der Waals surface area contributed by atoms with Gasteiger partial charge in [0.15, 0.2) is 5.16 Å². The highest BCUT2D eigenvalue weighted by molar-refractivity contribution is 8.00. The second-order valence-corrected chi connectivity index (χ2v) is 6.63. The van der Waals surface area contributed by atoms with Crippen molar-refractivity contribution in [1.29, 1.82) is 0 Å². The lowest BCUT2D eigenvalue weighted by atomic mass is 10.3. The van der Waals surface area contributed by atoms with E-state index in [1.54, 1.807) is 26.2 Å². The Kier molecular flexibility index (Phi) is 4.89. The summed E-state index contributed by atoms with van der Waals surface area (Å²) in [7, 11) is 1.57. The maximum atomic E-state index is 13.6. The third-order valence-corrected chi connectivity index (χ3v) is 4.50. The normalized spacial score (nSPS) is 12.2. The maximum absolute atomic E-state index is 13.6. The number of thioether (sulfide) groups is 1. The smallest absolute Gasteiger partial charge is 0.237 e. The number of aromatic amines is 1. The van der Waals surface area contributed by atoms with Crippen LogP contribution in [0.4, 0.5) is 14.5 Å². The molecule has 0 bridgehead atoms. The number of hydrogen-bond donors (Lipinski definition) is 2. The number of halogens is 2. The number of ether oxygens (including phenoxy) is 1. The summed E-state index contributed by atoms with van der Waals surface area (Å²) < 4.78 is 31.9. The van der Waals surface area contributed by atoms with Gasteiger partial charge in [-0.15, -0.1) is 0 Å². The lowest BCUT2D eigenvalue weighted by Crippen LogP contribution is -2.23. The van der Waals surface area contributed by atoms with Crippen LogP contribution in [0, 0.1) is 11.6 Å². The van der Waals surface area contributed by atoms with E-state index in [0.717, 1.165) is 29.2 Å². The van der Waals surface area contributed by atoms with Gasteiger partial charge in [0.25, 0.3) is 0 Å². The lowest BCUT2D eigenvalue weighted by molar-refractivity contribution is -0.115. The molecule has 5 nitrogen and oxygen atoms in total. The van der Waals surface area contributed by atoms with Crippen LogP contribution in [0.15, 0.2) is 41.6 Å². The number of carbonyl (C=O) groups excluding carboxylic acids is 1. The number of H-pyrrole nitrogens is 1. The first-order valence-corrected chi connectivity index (χ1v) is 8.30. The first-order chi connectivity index (χ1) is 12.0. The molecule has 2 aromatic carbocycles. The van der Waals surface area contributed by atoms with E-state index in [2.05, 4.69) is 15.3 Å². The highest BCUT2D eigenvalue weighted by Gasteiger charge is 2.18. The third kappa shape index (κ3) is 3.90. The zero-order valence-electron chi connectivity index (χ0n) is 13.5. The van der Waals surface area contributed by atoms with Crippen LogP contribution in [0.2, 0.25) is 0 Å². The molecule has 130 valence electrons. The molecule has 0 spiro atoms. The van der Waals surface area contributed by atoms with Gasteiger partial charge in [0.2, 0.25) is 5.91 Å². The average molecular weight is 363 g/mol. The Bertz CT molecular complexity index is 929. The van der Waals surface area contributed by atoms with Gasteiger partial charge in [-0.2, -0.15) is 0 Å². The molecule has 0 aliphatic carbocycles. The summed E-state index contributed by atoms with van der Waals surface area (Å²) in [6.45, 7) is 1.66. The number of carbonyl (C=O) groups is 1. The number of imidazole rings is 1. The molecule has 0 radical (unpaired) electrons. The first kappa shape index (κ1) is 17.2. The van der Waals surface area contributed by atoms with Crippen molar-refractivity contribution in [2.45, 2.75) is 17.3 Å². The predicted molar refractivity (Wildman–Crippen MR) is 93.0 cm³/mol. The summed E-state index contributed by atoms with van der Waals surface area (Å²) in [5.74, 6) is -1.07. The number of benzene rings is 2. The molecule has 1 heterocycles. The molecule has 3 rings (SSSR count). The number of hydrogen-bond acceptors (Lipinski definition) is 4. The monoisotopic (exact) mass is 363 g/mol. The topological polar surface area (TPSA) is 67.0 Å².